The van der Waals surface area contributed by atoms with Crippen molar-refractivity contribution >= 4 is 33.5 Å². The lowest BCUT2D eigenvalue weighted by atomic mass is 10.2. The van der Waals surface area contributed by atoms with E-state index < -0.39 is 0 Å². The molecular weight excluding hydrogens is 318 g/mol. The zero-order chi connectivity index (χ0) is 13.1. The molecule has 0 aliphatic heterocycles. The lowest BCUT2D eigenvalue weighted by Crippen LogP contribution is -2.14. The van der Waals surface area contributed by atoms with Crippen molar-refractivity contribution in [2.24, 2.45) is 17.9 Å². The van der Waals surface area contributed by atoms with Gasteiger partial charge in [-0.05, 0) is 30.0 Å². The number of oxime groups is 1. The van der Waals surface area contributed by atoms with Crippen molar-refractivity contribution in [2.75, 3.05) is 0 Å². The van der Waals surface area contributed by atoms with Crippen LogP contribution in [-0.4, -0.2) is 25.8 Å². The number of aromatic nitrogens is 3. The highest BCUT2D eigenvalue weighted by Crippen LogP contribution is 2.30. The largest absolute Gasteiger partial charge is 0.409 e. The van der Waals surface area contributed by atoms with E-state index in [1.807, 2.05) is 19.2 Å². The molecule has 8 heteroatoms. The molecule has 0 saturated heterocycles. The molecule has 0 unspecified atom stereocenters. The zero-order valence-corrected chi connectivity index (χ0v) is 11.8. The van der Waals surface area contributed by atoms with Gasteiger partial charge in [0.15, 0.2) is 11.0 Å². The van der Waals surface area contributed by atoms with Crippen LogP contribution in [0.25, 0.3) is 0 Å². The molecule has 1 heterocycles. The van der Waals surface area contributed by atoms with Gasteiger partial charge in [-0.15, -0.1) is 10.2 Å². The predicted octanol–water partition coefficient (Wildman–Crippen LogP) is 1.82. The molecule has 0 fully saturated rings. The van der Waals surface area contributed by atoms with E-state index in [0.717, 1.165) is 14.5 Å². The van der Waals surface area contributed by atoms with E-state index in [2.05, 4.69) is 31.3 Å². The summed E-state index contributed by atoms with van der Waals surface area (Å²) in [4.78, 5) is 0.838. The van der Waals surface area contributed by atoms with E-state index in [-0.39, 0.29) is 5.84 Å². The predicted molar refractivity (Wildman–Crippen MR) is 71.8 cm³/mol. The van der Waals surface area contributed by atoms with Crippen LogP contribution in [-0.2, 0) is 7.05 Å². The van der Waals surface area contributed by atoms with E-state index in [1.54, 1.807) is 17.0 Å². The number of hydrogen-bond donors (Lipinski definition) is 2. The molecule has 1 aromatic carbocycles. The van der Waals surface area contributed by atoms with Crippen LogP contribution in [0, 0.1) is 0 Å². The summed E-state index contributed by atoms with van der Waals surface area (Å²) in [6.07, 6.45) is 1.62. The fourth-order valence-electron chi connectivity index (χ4n) is 1.31. The Morgan fingerprint density at radius 1 is 1.56 bits per heavy atom. The molecule has 0 radical (unpaired) electrons. The quantitative estimate of drug-likeness (QED) is 0.388. The Morgan fingerprint density at radius 3 is 2.94 bits per heavy atom. The minimum atomic E-state index is 0.0565. The van der Waals surface area contributed by atoms with Gasteiger partial charge in [-0.1, -0.05) is 21.1 Å². The highest BCUT2D eigenvalue weighted by molar-refractivity contribution is 9.10. The summed E-state index contributed by atoms with van der Waals surface area (Å²) in [6, 6.07) is 5.54. The molecule has 94 valence electrons. The van der Waals surface area contributed by atoms with Crippen molar-refractivity contribution in [3.8, 4) is 0 Å². The highest BCUT2D eigenvalue weighted by Gasteiger charge is 2.12. The molecule has 0 amide bonds. The summed E-state index contributed by atoms with van der Waals surface area (Å²) in [5.74, 6) is 0.0565. The summed E-state index contributed by atoms with van der Waals surface area (Å²) < 4.78 is 2.65. The lowest BCUT2D eigenvalue weighted by Gasteiger charge is -2.07. The second-order valence-corrected chi connectivity index (χ2v) is 5.38. The molecule has 6 nitrogen and oxygen atoms in total. The van der Waals surface area contributed by atoms with Gasteiger partial charge >= 0.3 is 0 Å². The van der Waals surface area contributed by atoms with Gasteiger partial charge in [0.25, 0.3) is 0 Å². The van der Waals surface area contributed by atoms with E-state index >= 15 is 0 Å². The Morgan fingerprint density at radius 2 is 2.33 bits per heavy atom. The van der Waals surface area contributed by atoms with Crippen LogP contribution in [0.15, 0.2) is 44.2 Å². The van der Waals surface area contributed by atoms with Gasteiger partial charge < -0.3 is 15.5 Å². The van der Waals surface area contributed by atoms with Crippen LogP contribution in [0.2, 0.25) is 0 Å². The van der Waals surface area contributed by atoms with Gasteiger partial charge in [0.2, 0.25) is 0 Å². The molecule has 3 N–H and O–H groups in total. The van der Waals surface area contributed by atoms with Crippen LogP contribution in [0.4, 0.5) is 0 Å². The van der Waals surface area contributed by atoms with Crippen LogP contribution in [0.5, 0.6) is 0 Å². The number of halogens is 1. The van der Waals surface area contributed by atoms with Crippen molar-refractivity contribution in [2.45, 2.75) is 10.1 Å². The summed E-state index contributed by atoms with van der Waals surface area (Å²) in [7, 11) is 1.85. The molecule has 1 aromatic heterocycles. The Hall–Kier alpha value is -1.54. The van der Waals surface area contributed by atoms with E-state index in [1.165, 1.54) is 11.8 Å². The monoisotopic (exact) mass is 327 g/mol. The third-order valence-corrected chi connectivity index (χ3v) is 3.82. The van der Waals surface area contributed by atoms with E-state index in [9.17, 15) is 0 Å². The van der Waals surface area contributed by atoms with Crippen molar-refractivity contribution in [1.29, 1.82) is 0 Å². The fourth-order valence-corrected chi connectivity index (χ4v) is 2.56. The molecule has 2 aromatic rings. The molecule has 0 aliphatic carbocycles. The molecular formula is C10H10BrN5OS. The first kappa shape index (κ1) is 12.9. The Balaban J connectivity index is 2.42. The maximum Gasteiger partial charge on any atom is 0.195 e. The first-order valence-corrected chi connectivity index (χ1v) is 6.52. The molecule has 0 atom stereocenters. The van der Waals surface area contributed by atoms with E-state index in [0.29, 0.717) is 5.56 Å². The molecule has 0 spiro atoms. The number of benzene rings is 1. The van der Waals surface area contributed by atoms with Crippen molar-refractivity contribution in [1.82, 2.24) is 14.8 Å². The topological polar surface area (TPSA) is 89.3 Å². The Labute approximate surface area is 116 Å². The van der Waals surface area contributed by atoms with Crippen LogP contribution in [0.1, 0.15) is 5.56 Å². The number of aryl methyl sites for hydroxylation is 1. The van der Waals surface area contributed by atoms with E-state index in [4.69, 9.17) is 10.9 Å². The number of hydrogen-bond acceptors (Lipinski definition) is 5. The fraction of sp³-hybridized carbons (Fsp3) is 0.100. The summed E-state index contributed by atoms with van der Waals surface area (Å²) in [5.41, 5.74) is 6.29. The smallest absolute Gasteiger partial charge is 0.195 e. The average Bonchev–Trinajstić information content (AvgIpc) is 2.76. The molecule has 2 rings (SSSR count). The lowest BCUT2D eigenvalue weighted by molar-refractivity contribution is 0.318. The molecule has 0 saturated carbocycles. The summed E-state index contributed by atoms with van der Waals surface area (Å²) in [6.45, 7) is 0. The number of amidine groups is 1. The van der Waals surface area contributed by atoms with Crippen molar-refractivity contribution in [3.63, 3.8) is 0 Å². The normalized spacial score (nSPS) is 11.8. The Bertz CT molecular complexity index is 598. The molecule has 0 aliphatic rings. The van der Waals surface area contributed by atoms with Crippen LogP contribution < -0.4 is 5.73 Å². The van der Waals surface area contributed by atoms with Crippen molar-refractivity contribution in [3.05, 3.63) is 34.6 Å². The van der Waals surface area contributed by atoms with Gasteiger partial charge in [-0.25, -0.2) is 0 Å². The van der Waals surface area contributed by atoms with Gasteiger partial charge in [0.05, 0.1) is 0 Å². The van der Waals surface area contributed by atoms with Gasteiger partial charge in [0, 0.05) is 22.0 Å². The third kappa shape index (κ3) is 2.65. The minimum absolute atomic E-state index is 0.0565. The standard InChI is InChI=1S/C10H10BrN5OS/c1-16-5-13-14-10(16)18-8-3-2-6(11)4-7(8)9(12)15-17/h2-5,17H,1H3,(H2,12,15). The zero-order valence-electron chi connectivity index (χ0n) is 9.41. The third-order valence-electron chi connectivity index (χ3n) is 2.20. The number of rotatable bonds is 3. The number of nitrogens with two attached hydrogens (primary N) is 1. The highest BCUT2D eigenvalue weighted by atomic mass is 79.9. The van der Waals surface area contributed by atoms with Gasteiger partial charge in [-0.3, -0.25) is 0 Å². The Kier molecular flexibility index (Phi) is 3.87. The molecule has 18 heavy (non-hydrogen) atoms. The maximum atomic E-state index is 8.79. The second kappa shape index (κ2) is 5.40. The summed E-state index contributed by atoms with van der Waals surface area (Å²) in [5, 5.41) is 20.3. The SMILES string of the molecule is Cn1cnnc1Sc1ccc(Br)cc1/C(N)=N/O. The number of nitrogens with zero attached hydrogens (tertiary/aromatic N) is 4. The van der Waals surface area contributed by atoms with Crippen LogP contribution >= 0.6 is 27.7 Å². The average molecular weight is 328 g/mol. The first-order valence-electron chi connectivity index (χ1n) is 4.91. The van der Waals surface area contributed by atoms with Gasteiger partial charge in [-0.2, -0.15) is 0 Å². The van der Waals surface area contributed by atoms with Crippen molar-refractivity contribution < 1.29 is 5.21 Å². The maximum absolute atomic E-state index is 8.79. The molecule has 0 bridgehead atoms. The minimum Gasteiger partial charge on any atom is -0.409 e. The van der Waals surface area contributed by atoms with Crippen LogP contribution in [0.3, 0.4) is 0 Å². The first-order chi connectivity index (χ1) is 8.61. The summed E-state index contributed by atoms with van der Waals surface area (Å²) >= 11 is 4.75. The second-order valence-electron chi connectivity index (χ2n) is 3.45. The van der Waals surface area contributed by atoms with Gasteiger partial charge in [0.1, 0.15) is 6.33 Å².